The summed E-state index contributed by atoms with van der Waals surface area (Å²) in [5.41, 5.74) is 0. The van der Waals surface area contributed by atoms with Gasteiger partial charge < -0.3 is 9.63 Å². The molecule has 0 bridgehead atoms. The molecule has 1 aromatic heterocycles. The molecule has 0 aliphatic carbocycles. The van der Waals surface area contributed by atoms with E-state index in [4.69, 9.17) is 4.52 Å². The van der Waals surface area contributed by atoms with Gasteiger partial charge in [0, 0.05) is 0 Å². The second kappa shape index (κ2) is 3.75. The molecule has 0 fully saturated rings. The molecule has 84 valence electrons. The van der Waals surface area contributed by atoms with E-state index in [1.54, 1.807) is 11.7 Å². The summed E-state index contributed by atoms with van der Waals surface area (Å²) < 4.78 is 6.25. The summed E-state index contributed by atoms with van der Waals surface area (Å²) in [4.78, 5) is 0. The molecule has 2 aromatic rings. The Balaban J connectivity index is 2.55. The zero-order chi connectivity index (χ0) is 11.8. The molecule has 0 saturated heterocycles. The molecular formula is C11H14N2O2Si. The van der Waals surface area contributed by atoms with E-state index in [1.165, 1.54) is 5.19 Å². The van der Waals surface area contributed by atoms with Crippen molar-refractivity contribution in [3.8, 4) is 5.95 Å². The average molecular weight is 234 g/mol. The Morgan fingerprint density at radius 2 is 1.88 bits per heavy atom. The van der Waals surface area contributed by atoms with Gasteiger partial charge in [-0.3, -0.25) is 0 Å². The molecule has 1 aromatic carbocycles. The molecule has 0 aliphatic heterocycles. The number of aryl methyl sites for hydroxylation is 1. The zero-order valence-electron chi connectivity index (χ0n) is 9.60. The first kappa shape index (κ1) is 10.9. The largest absolute Gasteiger partial charge is 0.539 e. The van der Waals surface area contributed by atoms with Gasteiger partial charge in [0.1, 0.15) is 5.95 Å². The zero-order valence-corrected chi connectivity index (χ0v) is 10.6. The Kier molecular flexibility index (Phi) is 2.55. The summed E-state index contributed by atoms with van der Waals surface area (Å²) in [7, 11) is -0.250. The average Bonchev–Trinajstić information content (AvgIpc) is 2.60. The quantitative estimate of drug-likeness (QED) is 0.515. The van der Waals surface area contributed by atoms with Gasteiger partial charge in [0.15, 0.2) is 15.1 Å². The van der Waals surface area contributed by atoms with Gasteiger partial charge in [-0.1, -0.05) is 48.1 Å². The highest BCUT2D eigenvalue weighted by molar-refractivity contribution is 6.99. The summed E-state index contributed by atoms with van der Waals surface area (Å²) in [6.07, 6.45) is 0. The number of benzene rings is 1. The fourth-order valence-electron chi connectivity index (χ4n) is 1.97. The highest BCUT2D eigenvalue weighted by Crippen LogP contribution is 2.07. The minimum absolute atomic E-state index is 0.317. The third-order valence-electron chi connectivity index (χ3n) is 2.85. The lowest BCUT2D eigenvalue weighted by Gasteiger charge is -2.18. The molecule has 0 radical (unpaired) electrons. The summed E-state index contributed by atoms with van der Waals surface area (Å²) >= 11 is 0. The van der Waals surface area contributed by atoms with Gasteiger partial charge in [0.05, 0.1) is 5.27 Å². The number of aromatic nitrogens is 2. The van der Waals surface area contributed by atoms with Crippen LogP contribution < -0.4 is 20.3 Å². The van der Waals surface area contributed by atoms with Gasteiger partial charge in [-0.05, 0) is 5.19 Å². The molecular weight excluding hydrogens is 220 g/mol. The number of rotatable bonds is 2. The maximum atomic E-state index is 11.6. The molecule has 16 heavy (non-hydrogen) atoms. The van der Waals surface area contributed by atoms with E-state index in [0.717, 1.165) is 0 Å². The molecule has 0 unspecified atom stereocenters. The van der Waals surface area contributed by atoms with Gasteiger partial charge in [-0.25, -0.2) is 0 Å². The predicted molar refractivity (Wildman–Crippen MR) is 60.3 cm³/mol. The van der Waals surface area contributed by atoms with Crippen LogP contribution in [0.3, 0.4) is 0 Å². The van der Waals surface area contributed by atoms with E-state index in [-0.39, 0.29) is 5.95 Å². The van der Waals surface area contributed by atoms with Crippen molar-refractivity contribution in [1.29, 1.82) is 0 Å². The third kappa shape index (κ3) is 1.63. The molecule has 0 spiro atoms. The second-order valence-electron chi connectivity index (χ2n) is 4.32. The van der Waals surface area contributed by atoms with Gasteiger partial charge in [0.25, 0.3) is 0 Å². The van der Waals surface area contributed by atoms with Crippen molar-refractivity contribution in [1.82, 2.24) is 5.27 Å². The van der Waals surface area contributed by atoms with E-state index in [9.17, 15) is 5.11 Å². The van der Waals surface area contributed by atoms with Gasteiger partial charge in [-0.2, -0.15) is 0 Å². The van der Waals surface area contributed by atoms with Crippen molar-refractivity contribution < 1.29 is 14.3 Å². The smallest absolute Gasteiger partial charge is 0.208 e. The van der Waals surface area contributed by atoms with Crippen LogP contribution in [-0.4, -0.2) is 13.3 Å². The van der Waals surface area contributed by atoms with Crippen LogP contribution in [0.2, 0.25) is 13.1 Å². The van der Waals surface area contributed by atoms with E-state index >= 15 is 0 Å². The van der Waals surface area contributed by atoms with Crippen LogP contribution in [0.5, 0.6) is 5.95 Å². The van der Waals surface area contributed by atoms with E-state index in [0.29, 0.717) is 5.32 Å². The van der Waals surface area contributed by atoms with Crippen LogP contribution in [0.1, 0.15) is 0 Å². The fraction of sp³-hybridized carbons (Fsp3) is 0.273. The third-order valence-corrected chi connectivity index (χ3v) is 6.34. The fourth-order valence-corrected chi connectivity index (χ4v) is 4.67. The molecule has 0 amide bonds. The van der Waals surface area contributed by atoms with Crippen molar-refractivity contribution in [3.05, 3.63) is 30.3 Å². The molecule has 0 saturated carbocycles. The van der Waals surface area contributed by atoms with Crippen LogP contribution in [0.15, 0.2) is 34.9 Å². The first-order chi connectivity index (χ1) is 7.53. The first-order valence-corrected chi connectivity index (χ1v) is 8.12. The summed E-state index contributed by atoms with van der Waals surface area (Å²) in [5.74, 6) is -0.317. The van der Waals surface area contributed by atoms with E-state index in [1.807, 2.05) is 18.2 Å². The monoisotopic (exact) mass is 234 g/mol. The Morgan fingerprint density at radius 3 is 2.38 bits per heavy atom. The van der Waals surface area contributed by atoms with Crippen molar-refractivity contribution >= 4 is 18.6 Å². The number of hydrogen-bond acceptors (Lipinski definition) is 3. The molecule has 4 nitrogen and oxygen atoms in total. The van der Waals surface area contributed by atoms with Crippen LogP contribution >= 0.6 is 0 Å². The minimum Gasteiger partial charge on any atom is -0.539 e. The van der Waals surface area contributed by atoms with Crippen LogP contribution in [0, 0.1) is 0 Å². The van der Waals surface area contributed by atoms with Crippen LogP contribution in [0.4, 0.5) is 0 Å². The van der Waals surface area contributed by atoms with Crippen molar-refractivity contribution in [3.63, 3.8) is 0 Å². The molecule has 2 rings (SSSR count). The van der Waals surface area contributed by atoms with Gasteiger partial charge in [0.2, 0.25) is 5.32 Å². The number of hydrogen-bond donors (Lipinski definition) is 0. The van der Waals surface area contributed by atoms with Gasteiger partial charge in [-0.15, -0.1) is 0 Å². The molecule has 1 heterocycles. The maximum Gasteiger partial charge on any atom is 0.208 e. The maximum absolute atomic E-state index is 11.6. The predicted octanol–water partition coefficient (Wildman–Crippen LogP) is -0.605. The first-order valence-electron chi connectivity index (χ1n) is 5.12. The topological polar surface area (TPSA) is 53.0 Å². The Hall–Kier alpha value is -1.62. The minimum atomic E-state index is -2.00. The van der Waals surface area contributed by atoms with E-state index in [2.05, 4.69) is 30.5 Å². The van der Waals surface area contributed by atoms with Crippen LogP contribution in [0.25, 0.3) is 0 Å². The standard InChI is InChI=1S/C11H14N2O2Si/c1-13-10(11(14)15-12-13)16(2,3)9-7-5-4-6-8-9/h4-8H,1-3H3. The lowest BCUT2D eigenvalue weighted by molar-refractivity contribution is -0.725. The molecule has 0 N–H and O–H groups in total. The van der Waals surface area contributed by atoms with Crippen molar-refractivity contribution in [2.24, 2.45) is 7.05 Å². The normalized spacial score (nSPS) is 11.7. The van der Waals surface area contributed by atoms with E-state index < -0.39 is 8.07 Å². The highest BCUT2D eigenvalue weighted by Gasteiger charge is 2.37. The van der Waals surface area contributed by atoms with Gasteiger partial charge >= 0.3 is 0 Å². The lowest BCUT2D eigenvalue weighted by Crippen LogP contribution is -2.65. The summed E-state index contributed by atoms with van der Waals surface area (Å²) in [6.45, 7) is 4.24. The summed E-state index contributed by atoms with van der Waals surface area (Å²) in [5, 5.41) is 17.2. The lowest BCUT2D eigenvalue weighted by atomic mass is 10.4. The van der Waals surface area contributed by atoms with Crippen molar-refractivity contribution in [2.75, 3.05) is 0 Å². The molecule has 5 heteroatoms. The SMILES string of the molecule is C[n+]1noc([O-])c1[Si](C)(C)c1ccccc1. The Labute approximate surface area is 95.1 Å². The van der Waals surface area contributed by atoms with Crippen molar-refractivity contribution in [2.45, 2.75) is 13.1 Å². The van der Waals surface area contributed by atoms with Crippen LogP contribution in [-0.2, 0) is 7.05 Å². The highest BCUT2D eigenvalue weighted by atomic mass is 28.3. The molecule has 0 atom stereocenters. The Morgan fingerprint density at radius 1 is 1.25 bits per heavy atom. The second-order valence-corrected chi connectivity index (χ2v) is 8.62. The Bertz CT molecular complexity index is 474. The summed E-state index contributed by atoms with van der Waals surface area (Å²) in [6, 6.07) is 10.1. The number of nitrogens with zero attached hydrogens (tertiary/aromatic N) is 2. The molecule has 0 aliphatic rings.